The van der Waals surface area contributed by atoms with Gasteiger partial charge in [0.15, 0.2) is 6.10 Å². The van der Waals surface area contributed by atoms with E-state index in [2.05, 4.69) is 27.9 Å². The number of hydrogen-bond acceptors (Lipinski definition) is 2. The fourth-order valence-corrected chi connectivity index (χ4v) is 12.2. The molecule has 4 nitrogen and oxygen atoms in total. The number of carbonyl (C=O) groups is 1. The van der Waals surface area contributed by atoms with Crippen LogP contribution in [0.3, 0.4) is 0 Å². The van der Waals surface area contributed by atoms with Crippen molar-refractivity contribution in [1.82, 2.24) is 0 Å². The normalized spacial score (nSPS) is 49.5. The molecule has 6 aliphatic rings. The maximum absolute atomic E-state index is 12.2. The Morgan fingerprint density at radius 2 is 1.42 bits per heavy atom. The largest absolute Gasteiger partial charge is 0.456 e. The number of nitrogens with zero attached hydrogens (tertiary/aromatic N) is 2. The first kappa shape index (κ1) is 25.7. The van der Waals surface area contributed by atoms with Crippen LogP contribution in [0, 0.1) is 34.5 Å². The summed E-state index contributed by atoms with van der Waals surface area (Å²) in [6.45, 7) is 12.5. The Morgan fingerprint density at radius 1 is 0.778 bits per heavy atom. The van der Waals surface area contributed by atoms with E-state index in [-0.39, 0.29) is 12.1 Å². The van der Waals surface area contributed by atoms with Gasteiger partial charge in [-0.2, -0.15) is 0 Å². The predicted molar refractivity (Wildman–Crippen MR) is 145 cm³/mol. The molecule has 2 aliphatic heterocycles. The topological polar surface area (TPSA) is 26.3 Å². The number of ether oxygens (including phenoxy) is 1. The SMILES string of the molecule is CC(=O)O[C@H]1C[C@@H]2CC[C@@H]3[C@H](CC[C@@]4(C)[C@H]3CC[C@@H]4[N+]3(C)CCCC3)[C@@]2(C)C[C@@H]1[N+]1(C)CCCCC1. The smallest absolute Gasteiger partial charge is 0.303 e. The summed E-state index contributed by atoms with van der Waals surface area (Å²) < 4.78 is 8.69. The first-order valence-corrected chi connectivity index (χ1v) is 15.9. The third kappa shape index (κ3) is 3.85. The first-order chi connectivity index (χ1) is 17.1. The van der Waals surface area contributed by atoms with Gasteiger partial charge in [0.25, 0.3) is 0 Å². The zero-order valence-corrected chi connectivity index (χ0v) is 24.3. The molecule has 0 spiro atoms. The molecule has 4 aliphatic carbocycles. The Labute approximate surface area is 221 Å². The minimum atomic E-state index is -0.0603. The van der Waals surface area contributed by atoms with Crippen molar-refractivity contribution in [2.24, 2.45) is 34.5 Å². The molecule has 36 heavy (non-hydrogen) atoms. The van der Waals surface area contributed by atoms with Gasteiger partial charge in [0.1, 0.15) is 6.04 Å². The zero-order valence-electron chi connectivity index (χ0n) is 24.3. The Kier molecular flexibility index (Phi) is 6.39. The molecule has 2 heterocycles. The van der Waals surface area contributed by atoms with Gasteiger partial charge in [-0.15, -0.1) is 0 Å². The van der Waals surface area contributed by atoms with E-state index in [4.69, 9.17) is 4.74 Å². The summed E-state index contributed by atoms with van der Waals surface area (Å²) in [5.41, 5.74) is 0.984. The Bertz CT molecular complexity index is 845. The van der Waals surface area contributed by atoms with Crippen LogP contribution in [0.5, 0.6) is 0 Å². The second-order valence-corrected chi connectivity index (χ2v) is 15.6. The molecule has 0 aromatic carbocycles. The van der Waals surface area contributed by atoms with Crippen LogP contribution in [0.1, 0.15) is 104 Å². The fraction of sp³-hybridized carbons (Fsp3) is 0.969. The maximum Gasteiger partial charge on any atom is 0.303 e. The van der Waals surface area contributed by atoms with Crippen molar-refractivity contribution < 1.29 is 18.5 Å². The van der Waals surface area contributed by atoms with Gasteiger partial charge in [-0.3, -0.25) is 4.79 Å². The minimum Gasteiger partial charge on any atom is -0.456 e. The summed E-state index contributed by atoms with van der Waals surface area (Å²) in [6, 6.07) is 1.40. The molecule has 2 saturated heterocycles. The van der Waals surface area contributed by atoms with Gasteiger partial charge in [-0.1, -0.05) is 13.8 Å². The standard InChI is InChI=1S/C32H56N2O2/c1-23(35)36-29-21-24-11-12-25-26-13-14-30(34(5)19-9-10-20-34)31(26,2)16-15-27(25)32(24,3)22-28(29)33(4)17-7-6-8-18-33/h24-30H,6-22H2,1-5H3/q+2/t24-,25-,26-,27-,28-,29-,30-,31-,32-/m0/s1. The average Bonchev–Trinajstić information content (AvgIpc) is 3.43. The minimum absolute atomic E-state index is 0.0603. The van der Waals surface area contributed by atoms with E-state index in [0.29, 0.717) is 16.9 Å². The van der Waals surface area contributed by atoms with Crippen LogP contribution in [-0.2, 0) is 9.53 Å². The molecular weight excluding hydrogens is 444 g/mol. The van der Waals surface area contributed by atoms with E-state index in [9.17, 15) is 4.79 Å². The number of carbonyl (C=O) groups excluding carboxylic acids is 1. The molecule has 204 valence electrons. The molecule has 4 heteroatoms. The Hall–Kier alpha value is -0.610. The highest BCUT2D eigenvalue weighted by atomic mass is 16.5. The number of rotatable bonds is 3. The van der Waals surface area contributed by atoms with Crippen LogP contribution in [0.25, 0.3) is 0 Å². The van der Waals surface area contributed by atoms with Gasteiger partial charge in [0.05, 0.1) is 46.3 Å². The van der Waals surface area contributed by atoms with Crippen LogP contribution in [0.2, 0.25) is 0 Å². The van der Waals surface area contributed by atoms with Gasteiger partial charge in [0, 0.05) is 38.0 Å². The first-order valence-electron chi connectivity index (χ1n) is 15.9. The molecule has 0 aromatic rings. The molecule has 0 amide bonds. The van der Waals surface area contributed by atoms with E-state index >= 15 is 0 Å². The lowest BCUT2D eigenvalue weighted by Crippen LogP contribution is -2.66. The van der Waals surface area contributed by atoms with E-state index in [1.165, 1.54) is 108 Å². The second kappa shape index (κ2) is 8.97. The van der Waals surface area contributed by atoms with E-state index < -0.39 is 0 Å². The molecule has 6 rings (SSSR count). The molecule has 4 saturated carbocycles. The van der Waals surface area contributed by atoms with Crippen LogP contribution in [0.4, 0.5) is 0 Å². The van der Waals surface area contributed by atoms with E-state index in [1.54, 1.807) is 6.92 Å². The van der Waals surface area contributed by atoms with Gasteiger partial charge in [-0.25, -0.2) is 0 Å². The van der Waals surface area contributed by atoms with Gasteiger partial charge in [-0.05, 0) is 86.9 Å². The second-order valence-electron chi connectivity index (χ2n) is 15.6. The molecule has 6 fully saturated rings. The lowest BCUT2D eigenvalue weighted by atomic mass is 9.44. The van der Waals surface area contributed by atoms with Crippen molar-refractivity contribution in [3.63, 3.8) is 0 Å². The van der Waals surface area contributed by atoms with Gasteiger partial charge in [0.2, 0.25) is 0 Å². The summed E-state index contributed by atoms with van der Waals surface area (Å²) in [4.78, 5) is 12.2. The molecule has 0 aromatic heterocycles. The van der Waals surface area contributed by atoms with E-state index in [0.717, 1.165) is 40.6 Å². The summed E-state index contributed by atoms with van der Waals surface area (Å²) in [5, 5.41) is 0. The number of likely N-dealkylation sites (tertiary alicyclic amines) is 2. The van der Waals surface area contributed by atoms with Crippen LogP contribution in [-0.4, -0.2) is 73.4 Å². The third-order valence-corrected chi connectivity index (χ3v) is 13.9. The maximum atomic E-state index is 12.2. The van der Waals surface area contributed by atoms with Crippen molar-refractivity contribution in [3.05, 3.63) is 0 Å². The van der Waals surface area contributed by atoms with Crippen molar-refractivity contribution in [3.8, 4) is 0 Å². The molecule has 0 N–H and O–H groups in total. The molecule has 0 unspecified atom stereocenters. The highest BCUT2D eigenvalue weighted by Gasteiger charge is 2.65. The predicted octanol–water partition coefficient (Wildman–Crippen LogP) is 6.18. The number of piperidine rings is 1. The number of quaternary nitrogens is 2. The number of likely N-dealkylation sites (N-methyl/N-ethyl adjacent to an activating group) is 1. The number of esters is 1. The monoisotopic (exact) mass is 500 g/mol. The van der Waals surface area contributed by atoms with Gasteiger partial charge < -0.3 is 13.7 Å². The lowest BCUT2D eigenvalue weighted by Gasteiger charge is -2.63. The summed E-state index contributed by atoms with van der Waals surface area (Å²) in [7, 11) is 5.11. The highest BCUT2D eigenvalue weighted by molar-refractivity contribution is 5.66. The van der Waals surface area contributed by atoms with Crippen molar-refractivity contribution >= 4 is 5.97 Å². The third-order valence-electron chi connectivity index (χ3n) is 13.9. The van der Waals surface area contributed by atoms with Gasteiger partial charge >= 0.3 is 5.97 Å². The highest BCUT2D eigenvalue weighted by Crippen LogP contribution is 2.68. The number of fused-ring (bicyclic) bond motifs is 5. The quantitative estimate of drug-likeness (QED) is 0.342. The van der Waals surface area contributed by atoms with Crippen LogP contribution in [0.15, 0.2) is 0 Å². The summed E-state index contributed by atoms with van der Waals surface area (Å²) in [5.74, 6) is 3.44. The van der Waals surface area contributed by atoms with Crippen molar-refractivity contribution in [2.75, 3.05) is 40.3 Å². The number of hydrogen-bond donors (Lipinski definition) is 0. The zero-order chi connectivity index (χ0) is 25.3. The Morgan fingerprint density at radius 3 is 2.11 bits per heavy atom. The average molecular weight is 501 g/mol. The summed E-state index contributed by atoms with van der Waals surface area (Å²) >= 11 is 0. The molecule has 9 atom stereocenters. The van der Waals surface area contributed by atoms with Crippen LogP contribution >= 0.6 is 0 Å². The molecule has 0 radical (unpaired) electrons. The van der Waals surface area contributed by atoms with E-state index in [1.807, 2.05) is 0 Å². The van der Waals surface area contributed by atoms with Crippen LogP contribution < -0.4 is 0 Å². The summed E-state index contributed by atoms with van der Waals surface area (Å²) in [6.07, 6.45) is 18.2. The van der Waals surface area contributed by atoms with Crippen molar-refractivity contribution in [2.45, 2.75) is 122 Å². The lowest BCUT2D eigenvalue weighted by molar-refractivity contribution is -0.943. The molecular formula is C32H56N2O2+2. The van der Waals surface area contributed by atoms with Crippen molar-refractivity contribution in [1.29, 1.82) is 0 Å². The Balaban J connectivity index is 1.28. The fourth-order valence-electron chi connectivity index (χ4n) is 12.2. The molecule has 0 bridgehead atoms.